The highest BCUT2D eigenvalue weighted by Gasteiger charge is 2.16. The van der Waals surface area contributed by atoms with Crippen molar-refractivity contribution in [1.82, 2.24) is 14.8 Å². The Hall–Kier alpha value is -3.19. The number of thiazole rings is 1. The maximum absolute atomic E-state index is 12.4. The third-order valence-electron chi connectivity index (χ3n) is 4.67. The van der Waals surface area contributed by atoms with Crippen LogP contribution in [0.15, 0.2) is 42.5 Å². The van der Waals surface area contributed by atoms with Gasteiger partial charge in [-0.25, -0.2) is 9.67 Å². The molecule has 7 heteroatoms. The fraction of sp³-hybridized carbons (Fsp3) is 0.227. The van der Waals surface area contributed by atoms with Gasteiger partial charge in [0.05, 0.1) is 15.9 Å². The van der Waals surface area contributed by atoms with Crippen molar-refractivity contribution in [1.29, 1.82) is 0 Å². The second-order valence-corrected chi connectivity index (χ2v) is 8.00. The first-order chi connectivity index (χ1) is 13.9. The molecule has 29 heavy (non-hydrogen) atoms. The van der Waals surface area contributed by atoms with Gasteiger partial charge in [0.1, 0.15) is 5.75 Å². The summed E-state index contributed by atoms with van der Waals surface area (Å²) in [6.07, 6.45) is 0. The molecule has 0 spiro atoms. The second-order valence-electron chi connectivity index (χ2n) is 7.03. The van der Waals surface area contributed by atoms with Crippen LogP contribution >= 0.6 is 11.3 Å². The van der Waals surface area contributed by atoms with E-state index < -0.39 is 0 Å². The van der Waals surface area contributed by atoms with E-state index in [1.54, 1.807) is 11.3 Å². The van der Waals surface area contributed by atoms with Gasteiger partial charge in [-0.05, 0) is 63.1 Å². The molecule has 0 unspecified atom stereocenters. The molecule has 0 aliphatic heterocycles. The van der Waals surface area contributed by atoms with Crippen LogP contribution in [0.3, 0.4) is 0 Å². The molecule has 148 valence electrons. The molecule has 4 aromatic rings. The Morgan fingerprint density at radius 2 is 1.90 bits per heavy atom. The molecule has 0 aliphatic carbocycles. The zero-order chi connectivity index (χ0) is 20.5. The van der Waals surface area contributed by atoms with E-state index >= 15 is 0 Å². The Balaban J connectivity index is 1.59. The van der Waals surface area contributed by atoms with Crippen LogP contribution in [-0.4, -0.2) is 27.3 Å². The number of rotatable bonds is 5. The van der Waals surface area contributed by atoms with Gasteiger partial charge in [-0.1, -0.05) is 29.5 Å². The summed E-state index contributed by atoms with van der Waals surface area (Å²) >= 11 is 1.57. The lowest BCUT2D eigenvalue weighted by atomic mass is 10.1. The van der Waals surface area contributed by atoms with Crippen LogP contribution in [0, 0.1) is 27.7 Å². The fourth-order valence-corrected chi connectivity index (χ4v) is 4.38. The molecule has 0 bridgehead atoms. The summed E-state index contributed by atoms with van der Waals surface area (Å²) in [5, 5.41) is 8.35. The van der Waals surface area contributed by atoms with Crippen LogP contribution in [-0.2, 0) is 4.79 Å². The Labute approximate surface area is 173 Å². The molecule has 6 nitrogen and oxygen atoms in total. The van der Waals surface area contributed by atoms with Crippen LogP contribution in [0.2, 0.25) is 0 Å². The molecule has 0 atom stereocenters. The minimum Gasteiger partial charge on any atom is -0.484 e. The Kier molecular flexibility index (Phi) is 5.07. The van der Waals surface area contributed by atoms with E-state index in [2.05, 4.69) is 10.4 Å². The molecule has 2 aromatic carbocycles. The van der Waals surface area contributed by atoms with Gasteiger partial charge in [-0.3, -0.25) is 4.79 Å². The van der Waals surface area contributed by atoms with E-state index in [1.165, 1.54) is 0 Å². The molecule has 0 saturated carbocycles. The molecule has 0 fully saturated rings. The van der Waals surface area contributed by atoms with Gasteiger partial charge in [-0.2, -0.15) is 5.10 Å². The number of nitrogens with one attached hydrogen (secondary N) is 1. The third kappa shape index (κ3) is 3.86. The van der Waals surface area contributed by atoms with Crippen LogP contribution < -0.4 is 10.1 Å². The van der Waals surface area contributed by atoms with Gasteiger partial charge in [0.2, 0.25) is 5.13 Å². The van der Waals surface area contributed by atoms with E-state index in [9.17, 15) is 4.79 Å². The van der Waals surface area contributed by atoms with Crippen molar-refractivity contribution < 1.29 is 9.53 Å². The van der Waals surface area contributed by atoms with Crippen molar-refractivity contribution in [3.8, 4) is 10.9 Å². The monoisotopic (exact) mass is 406 g/mol. The van der Waals surface area contributed by atoms with Gasteiger partial charge >= 0.3 is 0 Å². The minimum atomic E-state index is -0.192. The molecule has 0 saturated heterocycles. The molecule has 0 aliphatic rings. The number of anilines is 1. The smallest absolute Gasteiger partial charge is 0.262 e. The number of ether oxygens (including phenoxy) is 1. The van der Waals surface area contributed by atoms with Gasteiger partial charge in [0.15, 0.2) is 6.61 Å². The quantitative estimate of drug-likeness (QED) is 0.520. The molecular weight excluding hydrogens is 384 g/mol. The Morgan fingerprint density at radius 1 is 1.14 bits per heavy atom. The molecule has 1 N–H and O–H groups in total. The lowest BCUT2D eigenvalue weighted by molar-refractivity contribution is -0.118. The Morgan fingerprint density at radius 3 is 2.59 bits per heavy atom. The summed E-state index contributed by atoms with van der Waals surface area (Å²) in [4.78, 5) is 17.2. The first kappa shape index (κ1) is 19.1. The van der Waals surface area contributed by atoms with E-state index in [4.69, 9.17) is 9.72 Å². The highest BCUT2D eigenvalue weighted by Crippen LogP contribution is 2.34. The van der Waals surface area contributed by atoms with Crippen molar-refractivity contribution in [2.24, 2.45) is 0 Å². The lowest BCUT2D eigenvalue weighted by Crippen LogP contribution is -2.21. The van der Waals surface area contributed by atoms with Crippen molar-refractivity contribution in [3.63, 3.8) is 0 Å². The SMILES string of the molecule is Cc1cc(C)n(-c2nc3cc(C)c(NC(=O)COc4ccccc4)c(C)c3s2)n1. The summed E-state index contributed by atoms with van der Waals surface area (Å²) < 4.78 is 8.45. The van der Waals surface area contributed by atoms with E-state index in [0.717, 1.165) is 43.6 Å². The molecule has 0 radical (unpaired) electrons. The van der Waals surface area contributed by atoms with Gasteiger partial charge in [-0.15, -0.1) is 0 Å². The zero-order valence-corrected chi connectivity index (χ0v) is 17.6. The lowest BCUT2D eigenvalue weighted by Gasteiger charge is -2.13. The first-order valence-electron chi connectivity index (χ1n) is 9.34. The predicted molar refractivity (Wildman–Crippen MR) is 116 cm³/mol. The number of carbonyl (C=O) groups is 1. The van der Waals surface area contributed by atoms with Crippen molar-refractivity contribution in [2.75, 3.05) is 11.9 Å². The third-order valence-corrected chi connectivity index (χ3v) is 5.84. The maximum atomic E-state index is 12.4. The van der Waals surface area contributed by atoms with Gasteiger partial charge < -0.3 is 10.1 Å². The Bertz CT molecular complexity index is 1190. The summed E-state index contributed by atoms with van der Waals surface area (Å²) in [7, 11) is 0. The average molecular weight is 407 g/mol. The van der Waals surface area contributed by atoms with Crippen LogP contribution in [0.25, 0.3) is 15.3 Å². The second kappa shape index (κ2) is 7.67. The largest absolute Gasteiger partial charge is 0.484 e. The summed E-state index contributed by atoms with van der Waals surface area (Å²) in [5.74, 6) is 0.478. The molecule has 1 amide bonds. The number of hydrogen-bond donors (Lipinski definition) is 1. The van der Waals surface area contributed by atoms with Crippen LogP contribution in [0.1, 0.15) is 22.5 Å². The number of nitrogens with zero attached hydrogens (tertiary/aromatic N) is 3. The van der Waals surface area contributed by atoms with Crippen molar-refractivity contribution in [2.45, 2.75) is 27.7 Å². The van der Waals surface area contributed by atoms with E-state index in [0.29, 0.717) is 5.75 Å². The van der Waals surface area contributed by atoms with Crippen LogP contribution in [0.5, 0.6) is 5.75 Å². The number of aromatic nitrogens is 3. The molecule has 2 heterocycles. The molecule has 2 aromatic heterocycles. The fourth-order valence-electron chi connectivity index (χ4n) is 3.32. The average Bonchev–Trinajstić information content (AvgIpc) is 3.26. The number of fused-ring (bicyclic) bond motifs is 1. The van der Waals surface area contributed by atoms with Gasteiger partial charge in [0, 0.05) is 11.4 Å². The zero-order valence-electron chi connectivity index (χ0n) is 16.8. The highest BCUT2D eigenvalue weighted by molar-refractivity contribution is 7.21. The van der Waals surface area contributed by atoms with E-state index in [-0.39, 0.29) is 12.5 Å². The van der Waals surface area contributed by atoms with Crippen molar-refractivity contribution in [3.05, 3.63) is 65.0 Å². The number of aryl methyl sites for hydroxylation is 4. The number of carbonyl (C=O) groups excluding carboxylic acids is 1. The maximum Gasteiger partial charge on any atom is 0.262 e. The molecule has 4 rings (SSSR count). The van der Waals surface area contributed by atoms with Gasteiger partial charge in [0.25, 0.3) is 5.91 Å². The van der Waals surface area contributed by atoms with E-state index in [1.807, 2.05) is 74.8 Å². The minimum absolute atomic E-state index is 0.0410. The number of amides is 1. The standard InChI is InChI=1S/C22H22N4O2S/c1-13-10-18-21(29-22(23-18)26-15(3)11-14(2)25-26)16(4)20(13)24-19(27)12-28-17-8-6-5-7-9-17/h5-11H,12H2,1-4H3,(H,24,27). The van der Waals surface area contributed by atoms with Crippen LogP contribution in [0.4, 0.5) is 5.69 Å². The topological polar surface area (TPSA) is 69.0 Å². The van der Waals surface area contributed by atoms with Crippen molar-refractivity contribution >= 4 is 33.1 Å². The number of hydrogen-bond acceptors (Lipinski definition) is 5. The highest BCUT2D eigenvalue weighted by atomic mass is 32.1. The number of para-hydroxylation sites is 1. The number of benzene rings is 2. The summed E-state index contributed by atoms with van der Waals surface area (Å²) in [6.45, 7) is 7.93. The predicted octanol–water partition coefficient (Wildman–Crippen LogP) is 4.73. The normalized spacial score (nSPS) is 11.0. The summed E-state index contributed by atoms with van der Waals surface area (Å²) in [5.41, 5.74) is 5.68. The molecular formula is C22H22N4O2S. The first-order valence-corrected chi connectivity index (χ1v) is 10.2. The summed E-state index contributed by atoms with van der Waals surface area (Å²) in [6, 6.07) is 13.3.